The second-order valence-electron chi connectivity index (χ2n) is 10.2. The zero-order valence-corrected chi connectivity index (χ0v) is 21.0. The Labute approximate surface area is 210 Å². The fourth-order valence-corrected chi connectivity index (χ4v) is 5.96. The van der Waals surface area contributed by atoms with Gasteiger partial charge in [-0.15, -0.1) is 0 Å². The zero-order chi connectivity index (χ0) is 24.0. The van der Waals surface area contributed by atoms with Crippen LogP contribution in [-0.2, 0) is 4.79 Å². The summed E-state index contributed by atoms with van der Waals surface area (Å²) in [5, 5.41) is 4.50. The van der Waals surface area contributed by atoms with E-state index in [-0.39, 0.29) is 17.2 Å². The molecule has 2 heterocycles. The number of carbonyl (C=O) groups is 2. The third-order valence-electron chi connectivity index (χ3n) is 6.99. The first-order valence-corrected chi connectivity index (χ1v) is 12.7. The van der Waals surface area contributed by atoms with Crippen molar-refractivity contribution >= 4 is 46.4 Å². The van der Waals surface area contributed by atoms with E-state index in [0.717, 1.165) is 36.3 Å². The smallest absolute Gasteiger partial charge is 0.325 e. The van der Waals surface area contributed by atoms with E-state index >= 15 is 0 Å². The van der Waals surface area contributed by atoms with E-state index in [9.17, 15) is 9.59 Å². The van der Waals surface area contributed by atoms with Crippen molar-refractivity contribution in [2.24, 2.45) is 5.41 Å². The monoisotopic (exact) mass is 497 g/mol. The molecule has 0 bridgehead atoms. The van der Waals surface area contributed by atoms with E-state index in [4.69, 9.17) is 23.2 Å². The predicted molar refractivity (Wildman–Crippen MR) is 138 cm³/mol. The molecule has 34 heavy (non-hydrogen) atoms. The fourth-order valence-electron chi connectivity index (χ4n) is 5.45. The van der Waals surface area contributed by atoms with Gasteiger partial charge in [0, 0.05) is 40.8 Å². The maximum Gasteiger partial charge on any atom is 0.325 e. The minimum atomic E-state index is -0.644. The summed E-state index contributed by atoms with van der Waals surface area (Å²) in [4.78, 5) is 31.6. The maximum atomic E-state index is 14.2. The van der Waals surface area contributed by atoms with Gasteiger partial charge in [-0.05, 0) is 60.9 Å². The second kappa shape index (κ2) is 8.94. The van der Waals surface area contributed by atoms with Gasteiger partial charge in [-0.2, -0.15) is 0 Å². The largest absolute Gasteiger partial charge is 0.357 e. The van der Waals surface area contributed by atoms with Gasteiger partial charge in [0.1, 0.15) is 0 Å². The molecule has 0 saturated carbocycles. The molecule has 1 fully saturated rings. The highest BCUT2D eigenvalue weighted by molar-refractivity contribution is 6.35. The fraction of sp³-hybridized carbons (Fsp3) is 0.407. The summed E-state index contributed by atoms with van der Waals surface area (Å²) in [7, 11) is 0. The van der Waals surface area contributed by atoms with Gasteiger partial charge in [0.05, 0.1) is 17.4 Å². The third-order valence-corrected chi connectivity index (χ3v) is 7.55. The number of piperidine rings is 1. The average molecular weight is 498 g/mol. The second-order valence-corrected chi connectivity index (χ2v) is 11.1. The number of rotatable bonds is 1. The van der Waals surface area contributed by atoms with Gasteiger partial charge in [0.15, 0.2) is 5.78 Å². The van der Waals surface area contributed by atoms with Crippen LogP contribution in [0.3, 0.4) is 0 Å². The highest BCUT2D eigenvalue weighted by atomic mass is 35.5. The van der Waals surface area contributed by atoms with Gasteiger partial charge < -0.3 is 10.2 Å². The standard InChI is InChI=1S/C27H29Cl2N3O2/c1-27(2)15-21-24(23(33)16-27)25(18-11-10-17(28)14-19(18)29)32(22-9-5-4-8-20(22)30-21)26(34)31-12-6-3-7-13-31/h4-5,8-11,14,25,30H,3,6-7,12-13,15-16H2,1-2H3. The Morgan fingerprint density at radius 2 is 1.76 bits per heavy atom. The number of likely N-dealkylation sites (tertiary alicyclic amines) is 1. The molecular weight excluding hydrogens is 469 g/mol. The van der Waals surface area contributed by atoms with Gasteiger partial charge in [-0.25, -0.2) is 4.79 Å². The van der Waals surface area contributed by atoms with Gasteiger partial charge in [-0.3, -0.25) is 9.69 Å². The van der Waals surface area contributed by atoms with E-state index in [2.05, 4.69) is 19.2 Å². The summed E-state index contributed by atoms with van der Waals surface area (Å²) >= 11 is 13.0. The maximum absolute atomic E-state index is 14.2. The lowest BCUT2D eigenvalue weighted by molar-refractivity contribution is -0.118. The molecule has 0 spiro atoms. The number of ketones is 1. The summed E-state index contributed by atoms with van der Waals surface area (Å²) in [6.07, 6.45) is 4.20. The number of hydrogen-bond donors (Lipinski definition) is 1. The lowest BCUT2D eigenvalue weighted by atomic mass is 9.73. The van der Waals surface area contributed by atoms with Crippen molar-refractivity contribution in [3.8, 4) is 0 Å². The molecule has 1 unspecified atom stereocenters. The van der Waals surface area contributed by atoms with Crippen LogP contribution >= 0.6 is 23.2 Å². The van der Waals surface area contributed by atoms with Crippen molar-refractivity contribution in [2.75, 3.05) is 23.3 Å². The molecule has 0 radical (unpaired) electrons. The van der Waals surface area contributed by atoms with Crippen LogP contribution in [0.15, 0.2) is 53.7 Å². The first-order valence-electron chi connectivity index (χ1n) is 11.9. The summed E-state index contributed by atoms with van der Waals surface area (Å²) in [6.45, 7) is 5.62. The molecule has 2 aromatic rings. The predicted octanol–water partition coefficient (Wildman–Crippen LogP) is 7.22. The summed E-state index contributed by atoms with van der Waals surface area (Å²) in [5.74, 6) is 0.0408. The number of urea groups is 1. The SMILES string of the molecule is CC1(C)CC(=O)C2=C(C1)Nc1ccccc1N(C(=O)N1CCCCC1)C2c1ccc(Cl)cc1Cl. The Kier molecular flexibility index (Phi) is 6.11. The van der Waals surface area contributed by atoms with Crippen molar-refractivity contribution in [3.05, 3.63) is 69.3 Å². The van der Waals surface area contributed by atoms with Crippen LogP contribution in [0.4, 0.5) is 16.2 Å². The summed E-state index contributed by atoms with van der Waals surface area (Å²) in [5.41, 5.74) is 3.56. The Balaban J connectivity index is 1.76. The Morgan fingerprint density at radius 1 is 1.03 bits per heavy atom. The molecule has 5 nitrogen and oxygen atoms in total. The molecule has 2 aliphatic heterocycles. The highest BCUT2D eigenvalue weighted by Gasteiger charge is 2.44. The number of anilines is 2. The van der Waals surface area contributed by atoms with Gasteiger partial charge >= 0.3 is 6.03 Å². The van der Waals surface area contributed by atoms with Crippen molar-refractivity contribution in [2.45, 2.75) is 52.0 Å². The number of allylic oxidation sites excluding steroid dienone is 1. The first kappa shape index (κ1) is 23.3. The molecule has 1 atom stereocenters. The normalized spacial score (nSPS) is 22.0. The van der Waals surface area contributed by atoms with Crippen LogP contribution in [0.2, 0.25) is 10.0 Å². The number of Topliss-reactive ketones (excluding diaryl/α,β-unsaturated/α-hetero) is 1. The lowest BCUT2D eigenvalue weighted by Gasteiger charge is -2.40. The van der Waals surface area contributed by atoms with Crippen LogP contribution in [0.5, 0.6) is 0 Å². The molecule has 178 valence electrons. The lowest BCUT2D eigenvalue weighted by Crippen LogP contribution is -2.48. The van der Waals surface area contributed by atoms with Crippen molar-refractivity contribution in [3.63, 3.8) is 0 Å². The summed E-state index contributed by atoms with van der Waals surface area (Å²) in [6, 6.07) is 12.3. The van der Waals surface area contributed by atoms with Crippen LogP contribution in [0, 0.1) is 5.41 Å². The number of halogens is 2. The van der Waals surface area contributed by atoms with E-state index < -0.39 is 6.04 Å². The Hall–Kier alpha value is -2.50. The molecule has 1 saturated heterocycles. The Bertz CT molecular complexity index is 1180. The molecular formula is C27H29Cl2N3O2. The molecule has 5 rings (SSSR count). The minimum absolute atomic E-state index is 0.0408. The summed E-state index contributed by atoms with van der Waals surface area (Å²) < 4.78 is 0. The van der Waals surface area contributed by atoms with Crippen molar-refractivity contribution in [1.82, 2.24) is 4.90 Å². The third kappa shape index (κ3) is 4.20. The van der Waals surface area contributed by atoms with Crippen molar-refractivity contribution < 1.29 is 9.59 Å². The highest BCUT2D eigenvalue weighted by Crippen LogP contribution is 2.49. The average Bonchev–Trinajstić information content (AvgIpc) is 2.92. The number of amides is 2. The molecule has 1 aliphatic carbocycles. The van der Waals surface area contributed by atoms with Crippen molar-refractivity contribution in [1.29, 1.82) is 0 Å². The number of nitrogens with one attached hydrogen (secondary N) is 1. The van der Waals surface area contributed by atoms with Crippen LogP contribution in [0.25, 0.3) is 0 Å². The molecule has 1 N–H and O–H groups in total. The molecule has 2 amide bonds. The zero-order valence-electron chi connectivity index (χ0n) is 19.5. The topological polar surface area (TPSA) is 52.7 Å². The quantitative estimate of drug-likeness (QED) is 0.452. The van der Waals surface area contributed by atoms with Gasteiger partial charge in [0.25, 0.3) is 0 Å². The first-order chi connectivity index (χ1) is 16.2. The van der Waals surface area contributed by atoms with Gasteiger partial charge in [-0.1, -0.05) is 55.2 Å². The number of para-hydroxylation sites is 2. The number of nitrogens with zero attached hydrogens (tertiary/aromatic N) is 2. The number of fused-ring (bicyclic) bond motifs is 1. The molecule has 2 aromatic carbocycles. The molecule has 0 aromatic heterocycles. The van der Waals surface area contributed by atoms with Crippen LogP contribution in [0.1, 0.15) is 57.6 Å². The van der Waals surface area contributed by atoms with Crippen LogP contribution < -0.4 is 10.2 Å². The molecule has 3 aliphatic rings. The number of carbonyl (C=O) groups excluding carboxylic acids is 2. The van der Waals surface area contributed by atoms with E-state index in [1.807, 2.05) is 35.2 Å². The van der Waals surface area contributed by atoms with E-state index in [1.165, 1.54) is 0 Å². The van der Waals surface area contributed by atoms with E-state index in [0.29, 0.717) is 47.1 Å². The van der Waals surface area contributed by atoms with E-state index in [1.54, 1.807) is 17.0 Å². The molecule has 7 heteroatoms. The van der Waals surface area contributed by atoms with Gasteiger partial charge in [0.2, 0.25) is 0 Å². The number of hydrogen-bond acceptors (Lipinski definition) is 3. The number of benzene rings is 2. The Morgan fingerprint density at radius 3 is 2.50 bits per heavy atom. The van der Waals surface area contributed by atoms with Crippen LogP contribution in [-0.4, -0.2) is 29.8 Å². The minimum Gasteiger partial charge on any atom is -0.357 e.